The summed E-state index contributed by atoms with van der Waals surface area (Å²) in [6, 6.07) is 2.04. The number of carbonyl (C=O) groups is 2. The second kappa shape index (κ2) is 9.54. The van der Waals surface area contributed by atoms with Gasteiger partial charge < -0.3 is 10.2 Å². The predicted octanol–water partition coefficient (Wildman–Crippen LogP) is 4.47. The van der Waals surface area contributed by atoms with E-state index in [9.17, 15) is 9.59 Å². The van der Waals surface area contributed by atoms with Crippen LogP contribution in [0.25, 0.3) is 0 Å². The summed E-state index contributed by atoms with van der Waals surface area (Å²) in [6.07, 6.45) is 10.2. The normalized spacial score (nSPS) is 20.3. The van der Waals surface area contributed by atoms with E-state index in [-0.39, 0.29) is 17.9 Å². The number of amides is 2. The lowest BCUT2D eigenvalue weighted by Crippen LogP contribution is -2.48. The van der Waals surface area contributed by atoms with E-state index in [4.69, 9.17) is 0 Å². The van der Waals surface area contributed by atoms with Gasteiger partial charge in [0.15, 0.2) is 0 Å². The Labute approximate surface area is 161 Å². The van der Waals surface area contributed by atoms with E-state index < -0.39 is 0 Å². The third kappa shape index (κ3) is 5.09. The van der Waals surface area contributed by atoms with Crippen molar-refractivity contribution in [3.63, 3.8) is 0 Å². The Bertz CT molecular complexity index is 573. The van der Waals surface area contributed by atoms with Crippen molar-refractivity contribution in [3.05, 3.63) is 22.4 Å². The molecule has 5 heteroatoms. The number of hydrogen-bond acceptors (Lipinski definition) is 3. The van der Waals surface area contributed by atoms with Crippen molar-refractivity contribution in [1.29, 1.82) is 0 Å². The fraction of sp³-hybridized carbons (Fsp3) is 0.714. The van der Waals surface area contributed by atoms with Crippen LogP contribution >= 0.6 is 11.3 Å². The maximum atomic E-state index is 13.0. The fourth-order valence-corrected chi connectivity index (χ4v) is 5.14. The van der Waals surface area contributed by atoms with Crippen molar-refractivity contribution in [2.75, 3.05) is 13.1 Å². The number of thiophene rings is 1. The summed E-state index contributed by atoms with van der Waals surface area (Å²) in [4.78, 5) is 27.3. The number of piperidine rings is 1. The zero-order valence-electron chi connectivity index (χ0n) is 15.9. The SMILES string of the molecule is CCCC(CC1CCCC1)C(=O)N1CCC(NC(=O)c2ccsc2)CC1. The van der Waals surface area contributed by atoms with Gasteiger partial charge in [-0.25, -0.2) is 0 Å². The Hall–Kier alpha value is -1.36. The summed E-state index contributed by atoms with van der Waals surface area (Å²) >= 11 is 1.54. The van der Waals surface area contributed by atoms with Gasteiger partial charge in [-0.15, -0.1) is 0 Å². The maximum absolute atomic E-state index is 13.0. The van der Waals surface area contributed by atoms with Crippen LogP contribution in [0.4, 0.5) is 0 Å². The summed E-state index contributed by atoms with van der Waals surface area (Å²) in [5.41, 5.74) is 0.744. The molecule has 0 bridgehead atoms. The van der Waals surface area contributed by atoms with Crippen molar-refractivity contribution < 1.29 is 9.59 Å². The number of likely N-dealkylation sites (tertiary alicyclic amines) is 1. The molecule has 2 aliphatic rings. The highest BCUT2D eigenvalue weighted by Crippen LogP contribution is 2.32. The van der Waals surface area contributed by atoms with Crippen molar-refractivity contribution in [2.45, 2.75) is 70.8 Å². The molecule has 0 radical (unpaired) electrons. The van der Waals surface area contributed by atoms with E-state index in [1.54, 1.807) is 11.3 Å². The van der Waals surface area contributed by atoms with Crippen LogP contribution in [-0.2, 0) is 4.79 Å². The van der Waals surface area contributed by atoms with Crippen LogP contribution in [0, 0.1) is 11.8 Å². The molecule has 3 rings (SSSR count). The van der Waals surface area contributed by atoms with Crippen LogP contribution in [0.5, 0.6) is 0 Å². The van der Waals surface area contributed by atoms with Gasteiger partial charge in [-0.3, -0.25) is 9.59 Å². The average Bonchev–Trinajstić information content (AvgIpc) is 3.35. The lowest BCUT2D eigenvalue weighted by molar-refractivity contribution is -0.137. The van der Waals surface area contributed by atoms with Gasteiger partial charge in [0.05, 0.1) is 0 Å². The quantitative estimate of drug-likeness (QED) is 0.763. The number of rotatable bonds is 7. The molecule has 2 fully saturated rings. The van der Waals surface area contributed by atoms with E-state index >= 15 is 0 Å². The zero-order valence-corrected chi connectivity index (χ0v) is 16.7. The third-order valence-electron chi connectivity index (χ3n) is 6.00. The molecule has 1 saturated heterocycles. The molecule has 1 unspecified atom stereocenters. The summed E-state index contributed by atoms with van der Waals surface area (Å²) < 4.78 is 0. The number of carbonyl (C=O) groups excluding carboxylic acids is 2. The standard InChI is InChI=1S/C21H32N2O2S/c1-2-5-17(14-16-6-3-4-7-16)21(25)23-11-8-19(9-12-23)22-20(24)18-10-13-26-15-18/h10,13,15-17,19H,2-9,11-12,14H2,1H3,(H,22,24). The first-order chi connectivity index (χ1) is 12.7. The third-order valence-corrected chi connectivity index (χ3v) is 6.69. The van der Waals surface area contributed by atoms with Crippen LogP contribution in [0.2, 0.25) is 0 Å². The summed E-state index contributed by atoms with van der Waals surface area (Å²) in [5.74, 6) is 1.35. The number of nitrogens with one attached hydrogen (secondary N) is 1. The second-order valence-corrected chi connectivity index (χ2v) is 8.74. The van der Waals surface area contributed by atoms with Crippen molar-refractivity contribution in [3.8, 4) is 0 Å². The van der Waals surface area contributed by atoms with Gasteiger partial charge in [0, 0.05) is 36.0 Å². The van der Waals surface area contributed by atoms with Gasteiger partial charge in [0.1, 0.15) is 0 Å². The molecule has 1 atom stereocenters. The van der Waals surface area contributed by atoms with Gasteiger partial charge in [-0.05, 0) is 43.0 Å². The Morgan fingerprint density at radius 2 is 1.96 bits per heavy atom. The average molecular weight is 377 g/mol. The fourth-order valence-electron chi connectivity index (χ4n) is 4.50. The summed E-state index contributed by atoms with van der Waals surface area (Å²) in [6.45, 7) is 3.73. The van der Waals surface area contributed by atoms with Crippen LogP contribution < -0.4 is 5.32 Å². The van der Waals surface area contributed by atoms with E-state index in [1.807, 2.05) is 16.8 Å². The van der Waals surface area contributed by atoms with E-state index in [0.717, 1.165) is 56.7 Å². The molecular formula is C21H32N2O2S. The topological polar surface area (TPSA) is 49.4 Å². The Morgan fingerprint density at radius 3 is 2.58 bits per heavy atom. The van der Waals surface area contributed by atoms with Crippen molar-refractivity contribution in [1.82, 2.24) is 10.2 Å². The summed E-state index contributed by atoms with van der Waals surface area (Å²) in [5, 5.41) is 6.93. The van der Waals surface area contributed by atoms with E-state index in [0.29, 0.717) is 5.91 Å². The minimum atomic E-state index is 0.0149. The molecular weight excluding hydrogens is 344 g/mol. The van der Waals surface area contributed by atoms with Gasteiger partial charge >= 0.3 is 0 Å². The maximum Gasteiger partial charge on any atom is 0.252 e. The van der Waals surface area contributed by atoms with Crippen LogP contribution in [0.3, 0.4) is 0 Å². The molecule has 0 spiro atoms. The molecule has 1 aromatic heterocycles. The highest BCUT2D eigenvalue weighted by Gasteiger charge is 2.30. The first kappa shape index (κ1) is 19.4. The van der Waals surface area contributed by atoms with Gasteiger partial charge in [-0.2, -0.15) is 11.3 Å². The molecule has 4 nitrogen and oxygen atoms in total. The Balaban J connectivity index is 1.47. The molecule has 1 saturated carbocycles. The van der Waals surface area contributed by atoms with Gasteiger partial charge in [0.25, 0.3) is 5.91 Å². The molecule has 1 aliphatic heterocycles. The minimum Gasteiger partial charge on any atom is -0.349 e. The molecule has 1 aliphatic carbocycles. The van der Waals surface area contributed by atoms with E-state index in [1.165, 1.54) is 25.7 Å². The largest absolute Gasteiger partial charge is 0.349 e. The lowest BCUT2D eigenvalue weighted by Gasteiger charge is -2.35. The molecule has 2 amide bonds. The summed E-state index contributed by atoms with van der Waals surface area (Å²) in [7, 11) is 0. The monoisotopic (exact) mass is 376 g/mol. The van der Waals surface area contributed by atoms with Crippen molar-refractivity contribution >= 4 is 23.2 Å². The van der Waals surface area contributed by atoms with Crippen LogP contribution in [0.1, 0.15) is 75.1 Å². The van der Waals surface area contributed by atoms with Crippen molar-refractivity contribution in [2.24, 2.45) is 11.8 Å². The lowest BCUT2D eigenvalue weighted by atomic mass is 9.88. The van der Waals surface area contributed by atoms with Gasteiger partial charge in [0.2, 0.25) is 5.91 Å². The highest BCUT2D eigenvalue weighted by molar-refractivity contribution is 7.08. The Morgan fingerprint density at radius 1 is 1.23 bits per heavy atom. The smallest absolute Gasteiger partial charge is 0.252 e. The zero-order chi connectivity index (χ0) is 18.4. The predicted molar refractivity (Wildman–Crippen MR) is 106 cm³/mol. The van der Waals surface area contributed by atoms with Crippen LogP contribution in [-0.4, -0.2) is 35.8 Å². The molecule has 26 heavy (non-hydrogen) atoms. The molecule has 144 valence electrons. The minimum absolute atomic E-state index is 0.0149. The number of nitrogens with zero attached hydrogens (tertiary/aromatic N) is 1. The van der Waals surface area contributed by atoms with Gasteiger partial charge in [-0.1, -0.05) is 39.0 Å². The highest BCUT2D eigenvalue weighted by atomic mass is 32.1. The second-order valence-electron chi connectivity index (χ2n) is 7.96. The Kier molecular flexibility index (Phi) is 7.12. The van der Waals surface area contributed by atoms with Crippen LogP contribution in [0.15, 0.2) is 16.8 Å². The van der Waals surface area contributed by atoms with E-state index in [2.05, 4.69) is 17.1 Å². The number of hydrogen-bond donors (Lipinski definition) is 1. The molecule has 2 heterocycles. The first-order valence-electron chi connectivity index (χ1n) is 10.3. The molecule has 1 N–H and O–H groups in total. The molecule has 0 aromatic carbocycles. The molecule has 1 aromatic rings. The first-order valence-corrected chi connectivity index (χ1v) is 11.2.